The maximum Gasteiger partial charge on any atom is 0.410 e. The first-order valence-electron chi connectivity index (χ1n) is 10.9. The summed E-state index contributed by atoms with van der Waals surface area (Å²) in [6.07, 6.45) is 7.49. The van der Waals surface area contributed by atoms with Crippen molar-refractivity contribution in [2.24, 2.45) is 0 Å². The zero-order valence-corrected chi connectivity index (χ0v) is 20.6. The van der Waals surface area contributed by atoms with E-state index in [-0.39, 0.29) is 12.1 Å². The third kappa shape index (κ3) is 7.69. The topological polar surface area (TPSA) is 59.0 Å². The van der Waals surface area contributed by atoms with Crippen molar-refractivity contribution < 1.29 is 19.4 Å². The first-order chi connectivity index (χ1) is 14.6. The highest BCUT2D eigenvalue weighted by molar-refractivity contribution is 9.10. The average molecular weight is 494 g/mol. The summed E-state index contributed by atoms with van der Waals surface area (Å²) in [7, 11) is 0. The molecule has 172 valence electrons. The molecule has 1 aliphatic heterocycles. The quantitative estimate of drug-likeness (QED) is 0.312. The number of aliphatic hydroxyl groups is 1. The maximum absolute atomic E-state index is 13.0. The van der Waals surface area contributed by atoms with Crippen molar-refractivity contribution >= 4 is 22.0 Å². The first kappa shape index (κ1) is 25.5. The Kier molecular flexibility index (Phi) is 9.19. The van der Waals surface area contributed by atoms with Crippen LogP contribution in [0.3, 0.4) is 0 Å². The minimum Gasteiger partial charge on any atom is -0.493 e. The van der Waals surface area contributed by atoms with E-state index in [0.717, 1.165) is 35.0 Å². The number of hydrogen-bond acceptors (Lipinski definition) is 4. The number of ether oxygens (including phenoxy) is 2. The highest BCUT2D eigenvalue weighted by Crippen LogP contribution is 2.43. The smallest absolute Gasteiger partial charge is 0.410 e. The van der Waals surface area contributed by atoms with E-state index in [9.17, 15) is 9.90 Å². The van der Waals surface area contributed by atoms with Gasteiger partial charge in [0.25, 0.3) is 0 Å². The number of carbonyl (C=O) groups excluding carboxylic acids is 1. The maximum atomic E-state index is 13.0. The van der Waals surface area contributed by atoms with Crippen molar-refractivity contribution in [2.45, 2.75) is 76.5 Å². The predicted molar refractivity (Wildman–Crippen MR) is 128 cm³/mol. The van der Waals surface area contributed by atoms with Gasteiger partial charge in [-0.1, -0.05) is 34.1 Å². The van der Waals surface area contributed by atoms with Gasteiger partial charge in [0.2, 0.25) is 0 Å². The van der Waals surface area contributed by atoms with E-state index in [4.69, 9.17) is 9.47 Å². The molecule has 1 aliphatic rings. The summed E-state index contributed by atoms with van der Waals surface area (Å²) in [6, 6.07) is 5.47. The Hall–Kier alpha value is -1.79. The molecule has 31 heavy (non-hydrogen) atoms. The number of allylic oxidation sites excluding steroid dienone is 1. The molecule has 1 amide bonds. The van der Waals surface area contributed by atoms with Crippen LogP contribution in [-0.4, -0.2) is 40.5 Å². The molecule has 1 unspecified atom stereocenters. The lowest BCUT2D eigenvalue weighted by Crippen LogP contribution is -2.49. The lowest BCUT2D eigenvalue weighted by atomic mass is 9.81. The Morgan fingerprint density at radius 2 is 2.06 bits per heavy atom. The molecular weight excluding hydrogens is 458 g/mol. The van der Waals surface area contributed by atoms with Gasteiger partial charge in [-0.25, -0.2) is 4.79 Å². The van der Waals surface area contributed by atoms with Crippen molar-refractivity contribution in [1.82, 2.24) is 4.90 Å². The molecule has 1 fully saturated rings. The number of benzene rings is 1. The Morgan fingerprint density at radius 1 is 1.32 bits per heavy atom. The van der Waals surface area contributed by atoms with Crippen LogP contribution in [0.1, 0.15) is 70.9 Å². The minimum absolute atomic E-state index is 0.357. The summed E-state index contributed by atoms with van der Waals surface area (Å²) in [4.78, 5) is 14.7. The Bertz CT molecular complexity index is 773. The van der Waals surface area contributed by atoms with E-state index >= 15 is 0 Å². The van der Waals surface area contributed by atoms with E-state index in [2.05, 4.69) is 29.1 Å². The molecule has 5 nitrogen and oxygen atoms in total. The molecule has 1 aromatic rings. The van der Waals surface area contributed by atoms with Gasteiger partial charge in [0.05, 0.1) is 18.2 Å². The molecule has 2 atom stereocenters. The van der Waals surface area contributed by atoms with Gasteiger partial charge in [0, 0.05) is 23.0 Å². The third-order valence-electron chi connectivity index (χ3n) is 5.31. The van der Waals surface area contributed by atoms with Crippen LogP contribution in [0.4, 0.5) is 4.79 Å². The number of nitrogens with zero attached hydrogens (tertiary/aromatic N) is 1. The standard InChI is InChI=1S/C25H36BrNO4/c1-6-8-9-10-16-30-22-17-19(26)11-12-20(22)21-18-25(29,13-7-2)14-15-27(21)23(28)31-24(3,4)5/h6-7,11-12,17,21,29H,1-2,8-10,13-16,18H2,3-5H3/t21-,25?/m0/s1. The Morgan fingerprint density at radius 3 is 2.71 bits per heavy atom. The molecule has 1 saturated heterocycles. The molecule has 0 saturated carbocycles. The Labute approximate surface area is 195 Å². The van der Waals surface area contributed by atoms with Crippen molar-refractivity contribution in [3.05, 3.63) is 53.5 Å². The number of unbranched alkanes of at least 4 members (excludes halogenated alkanes) is 2. The van der Waals surface area contributed by atoms with E-state index < -0.39 is 11.2 Å². The third-order valence-corrected chi connectivity index (χ3v) is 5.81. The number of rotatable bonds is 9. The van der Waals surface area contributed by atoms with Gasteiger partial charge < -0.3 is 19.5 Å². The van der Waals surface area contributed by atoms with E-state index in [0.29, 0.717) is 32.4 Å². The molecule has 0 aromatic heterocycles. The van der Waals surface area contributed by atoms with Gasteiger partial charge >= 0.3 is 6.09 Å². The van der Waals surface area contributed by atoms with Gasteiger partial charge in [-0.15, -0.1) is 13.2 Å². The zero-order valence-electron chi connectivity index (χ0n) is 19.0. The summed E-state index contributed by atoms with van der Waals surface area (Å²) in [5.41, 5.74) is -0.639. The second-order valence-corrected chi connectivity index (χ2v) is 10.1. The average Bonchev–Trinajstić information content (AvgIpc) is 2.66. The van der Waals surface area contributed by atoms with Gasteiger partial charge in [0.1, 0.15) is 11.4 Å². The van der Waals surface area contributed by atoms with Crippen LogP contribution >= 0.6 is 15.9 Å². The summed E-state index contributed by atoms with van der Waals surface area (Å²) in [6.45, 7) is 14.1. The van der Waals surface area contributed by atoms with E-state index in [1.54, 1.807) is 11.0 Å². The van der Waals surface area contributed by atoms with Gasteiger partial charge in [-0.05, 0) is 65.0 Å². The monoisotopic (exact) mass is 493 g/mol. The molecule has 6 heteroatoms. The van der Waals surface area contributed by atoms with Gasteiger partial charge in [-0.2, -0.15) is 0 Å². The molecule has 1 N–H and O–H groups in total. The van der Waals surface area contributed by atoms with Crippen LogP contribution in [-0.2, 0) is 4.74 Å². The number of piperidine rings is 1. The fraction of sp³-hybridized carbons (Fsp3) is 0.560. The summed E-state index contributed by atoms with van der Waals surface area (Å²) in [5, 5.41) is 11.1. The summed E-state index contributed by atoms with van der Waals surface area (Å²) >= 11 is 3.52. The first-order valence-corrected chi connectivity index (χ1v) is 11.7. The molecule has 0 bridgehead atoms. The normalized spacial score (nSPS) is 21.5. The van der Waals surface area contributed by atoms with E-state index in [1.165, 1.54) is 0 Å². The van der Waals surface area contributed by atoms with E-state index in [1.807, 2.05) is 45.0 Å². The zero-order chi connectivity index (χ0) is 23.1. The fourth-order valence-corrected chi connectivity index (χ4v) is 4.15. The van der Waals surface area contributed by atoms with Gasteiger partial charge in [-0.3, -0.25) is 0 Å². The van der Waals surface area contributed by atoms with Gasteiger partial charge in [0.15, 0.2) is 0 Å². The SMILES string of the molecule is C=CCCCCOc1cc(Br)ccc1[C@@H]1CC(O)(CC=C)CCN1C(=O)OC(C)(C)C. The second-order valence-electron chi connectivity index (χ2n) is 9.18. The van der Waals surface area contributed by atoms with Crippen molar-refractivity contribution in [1.29, 1.82) is 0 Å². The molecule has 1 heterocycles. The van der Waals surface area contributed by atoms with Crippen LogP contribution in [0.15, 0.2) is 48.0 Å². The van der Waals surface area contributed by atoms with Crippen LogP contribution in [0.25, 0.3) is 0 Å². The second kappa shape index (κ2) is 11.2. The Balaban J connectivity index is 2.34. The lowest BCUT2D eigenvalue weighted by Gasteiger charge is -2.44. The largest absolute Gasteiger partial charge is 0.493 e. The lowest BCUT2D eigenvalue weighted by molar-refractivity contribution is -0.0538. The van der Waals surface area contributed by atoms with Crippen molar-refractivity contribution in [3.63, 3.8) is 0 Å². The molecule has 0 spiro atoms. The number of carbonyl (C=O) groups is 1. The van der Waals surface area contributed by atoms with Crippen LogP contribution < -0.4 is 4.74 Å². The van der Waals surface area contributed by atoms with Crippen molar-refractivity contribution in [3.8, 4) is 5.75 Å². The molecule has 1 aromatic carbocycles. The van der Waals surface area contributed by atoms with Crippen LogP contribution in [0.5, 0.6) is 5.75 Å². The molecule has 0 aliphatic carbocycles. The number of amides is 1. The minimum atomic E-state index is -0.917. The van der Waals surface area contributed by atoms with Crippen molar-refractivity contribution in [2.75, 3.05) is 13.2 Å². The highest BCUT2D eigenvalue weighted by Gasteiger charge is 2.42. The highest BCUT2D eigenvalue weighted by atomic mass is 79.9. The number of halogens is 1. The summed E-state index contributed by atoms with van der Waals surface area (Å²) in [5.74, 6) is 0.717. The fourth-order valence-electron chi connectivity index (χ4n) is 3.81. The predicted octanol–water partition coefficient (Wildman–Crippen LogP) is 6.56. The number of likely N-dealkylation sites (tertiary alicyclic amines) is 1. The van der Waals surface area contributed by atoms with Crippen LogP contribution in [0, 0.1) is 0 Å². The molecule has 0 radical (unpaired) electrons. The molecular formula is C25H36BrNO4. The summed E-state index contributed by atoms with van der Waals surface area (Å²) < 4.78 is 12.7. The molecule has 2 rings (SSSR count). The number of hydrogen-bond donors (Lipinski definition) is 1. The van der Waals surface area contributed by atoms with Crippen LogP contribution in [0.2, 0.25) is 0 Å².